The molecule has 0 heterocycles. The summed E-state index contributed by atoms with van der Waals surface area (Å²) in [5.74, 6) is -9.88. The molecule has 1 amide bonds. The van der Waals surface area contributed by atoms with Crippen LogP contribution in [0.3, 0.4) is 0 Å². The molecule has 3 aliphatic carbocycles. The topological polar surface area (TPSA) is 134 Å². The summed E-state index contributed by atoms with van der Waals surface area (Å²) in [4.78, 5) is 68.0. The molecule has 0 aromatic heterocycles. The Kier molecular flexibility index (Phi) is 7.58. The molecule has 0 aliphatic heterocycles. The average molecular weight is 536 g/mol. The van der Waals surface area contributed by atoms with E-state index >= 15 is 0 Å². The highest BCUT2D eigenvalue weighted by Gasteiger charge is 2.76. The van der Waals surface area contributed by atoms with Gasteiger partial charge in [-0.3, -0.25) is 24.0 Å². The molecule has 2 aromatic rings. The number of amides is 1. The number of carbonyl (C=O) groups is 5. The largest absolute Gasteiger partial charge is 0.469 e. The molecule has 2 bridgehead atoms. The zero-order chi connectivity index (χ0) is 28.4. The fourth-order valence-corrected chi connectivity index (χ4v) is 6.25. The number of nitrogens with one attached hydrogen (secondary N) is 1. The second-order valence-electron chi connectivity index (χ2n) is 9.39. The van der Waals surface area contributed by atoms with Gasteiger partial charge in [0.25, 0.3) is 5.91 Å². The molecule has 2 unspecified atom stereocenters. The molecule has 6 atom stereocenters. The van der Waals surface area contributed by atoms with Crippen LogP contribution in [0.5, 0.6) is 0 Å². The SMILES string of the molecule is COC(=O)[C@@H]1[C@@H](C(=O)OC)C2(c3ccccc3)C=CC1(NC(=O)c1ccccc1)[C@@H](C(=O)OC)[C@@H]2C(=O)OC. The number of hydrogen-bond acceptors (Lipinski definition) is 9. The summed E-state index contributed by atoms with van der Waals surface area (Å²) in [6, 6.07) is 16.6. The molecule has 2 aromatic carbocycles. The molecular formula is C29H29NO9. The lowest BCUT2D eigenvalue weighted by molar-refractivity contribution is -0.189. The summed E-state index contributed by atoms with van der Waals surface area (Å²) in [6.07, 6.45) is 3.07. The van der Waals surface area contributed by atoms with Crippen molar-refractivity contribution in [2.24, 2.45) is 23.7 Å². The number of fused-ring (bicyclic) bond motifs is 2. The minimum absolute atomic E-state index is 0.224. The first kappa shape index (κ1) is 27.6. The fourth-order valence-electron chi connectivity index (χ4n) is 6.25. The number of methoxy groups -OCH3 is 4. The summed E-state index contributed by atoms with van der Waals surface area (Å²) in [5.41, 5.74) is -2.85. The Balaban J connectivity index is 2.12. The van der Waals surface area contributed by atoms with Crippen molar-refractivity contribution in [2.45, 2.75) is 11.0 Å². The zero-order valence-corrected chi connectivity index (χ0v) is 21.9. The number of benzene rings is 2. The predicted octanol–water partition coefficient (Wildman–Crippen LogP) is 1.83. The van der Waals surface area contributed by atoms with Gasteiger partial charge in [0.2, 0.25) is 0 Å². The van der Waals surface area contributed by atoms with Crippen LogP contribution in [0.1, 0.15) is 15.9 Å². The smallest absolute Gasteiger partial charge is 0.312 e. The van der Waals surface area contributed by atoms with E-state index in [1.807, 2.05) is 0 Å². The lowest BCUT2D eigenvalue weighted by Crippen LogP contribution is -2.77. The van der Waals surface area contributed by atoms with Crippen LogP contribution in [0.2, 0.25) is 0 Å². The molecule has 0 radical (unpaired) electrons. The van der Waals surface area contributed by atoms with Crippen molar-refractivity contribution in [1.29, 1.82) is 0 Å². The maximum atomic E-state index is 13.6. The molecule has 3 aliphatic rings. The molecule has 1 saturated carbocycles. The van der Waals surface area contributed by atoms with E-state index in [4.69, 9.17) is 18.9 Å². The van der Waals surface area contributed by atoms with E-state index in [2.05, 4.69) is 5.32 Å². The van der Waals surface area contributed by atoms with Gasteiger partial charge in [-0.05, 0) is 17.7 Å². The first-order valence-corrected chi connectivity index (χ1v) is 12.2. The second-order valence-corrected chi connectivity index (χ2v) is 9.39. The van der Waals surface area contributed by atoms with Gasteiger partial charge in [0.15, 0.2) is 0 Å². The van der Waals surface area contributed by atoms with Gasteiger partial charge in [0, 0.05) is 11.0 Å². The summed E-state index contributed by atoms with van der Waals surface area (Å²) in [7, 11) is 4.58. The van der Waals surface area contributed by atoms with Crippen LogP contribution < -0.4 is 5.32 Å². The van der Waals surface area contributed by atoms with E-state index in [-0.39, 0.29) is 5.56 Å². The van der Waals surface area contributed by atoms with Crippen molar-refractivity contribution in [1.82, 2.24) is 5.32 Å². The fraction of sp³-hybridized carbons (Fsp3) is 0.345. The quantitative estimate of drug-likeness (QED) is 0.320. The van der Waals surface area contributed by atoms with Crippen LogP contribution in [0.25, 0.3) is 0 Å². The molecule has 10 nitrogen and oxygen atoms in total. The third-order valence-electron chi connectivity index (χ3n) is 7.82. The Morgan fingerprint density at radius 3 is 1.44 bits per heavy atom. The highest BCUT2D eigenvalue weighted by molar-refractivity contribution is 5.99. The molecule has 10 heteroatoms. The zero-order valence-electron chi connectivity index (χ0n) is 21.9. The molecule has 39 heavy (non-hydrogen) atoms. The van der Waals surface area contributed by atoms with E-state index in [1.165, 1.54) is 6.08 Å². The van der Waals surface area contributed by atoms with Crippen LogP contribution in [0.4, 0.5) is 0 Å². The number of carbonyl (C=O) groups excluding carboxylic acids is 5. The lowest BCUT2D eigenvalue weighted by Gasteiger charge is -2.61. The van der Waals surface area contributed by atoms with Crippen LogP contribution in [0.15, 0.2) is 72.8 Å². The van der Waals surface area contributed by atoms with Crippen molar-refractivity contribution < 1.29 is 42.9 Å². The predicted molar refractivity (Wildman–Crippen MR) is 136 cm³/mol. The average Bonchev–Trinajstić information content (AvgIpc) is 2.99. The van der Waals surface area contributed by atoms with Crippen molar-refractivity contribution in [2.75, 3.05) is 28.4 Å². The Morgan fingerprint density at radius 2 is 1.00 bits per heavy atom. The first-order chi connectivity index (χ1) is 18.7. The van der Waals surface area contributed by atoms with Crippen molar-refractivity contribution in [3.05, 3.63) is 83.9 Å². The van der Waals surface area contributed by atoms with E-state index in [9.17, 15) is 24.0 Å². The van der Waals surface area contributed by atoms with Gasteiger partial charge >= 0.3 is 23.9 Å². The maximum Gasteiger partial charge on any atom is 0.312 e. The minimum Gasteiger partial charge on any atom is -0.469 e. The van der Waals surface area contributed by atoms with E-state index in [1.54, 1.807) is 66.7 Å². The van der Waals surface area contributed by atoms with Gasteiger partial charge in [0.05, 0.1) is 57.6 Å². The first-order valence-electron chi connectivity index (χ1n) is 12.2. The normalized spacial score (nSPS) is 28.6. The van der Waals surface area contributed by atoms with Gasteiger partial charge in [-0.15, -0.1) is 0 Å². The number of esters is 4. The highest BCUT2D eigenvalue weighted by atomic mass is 16.5. The van der Waals surface area contributed by atoms with Gasteiger partial charge in [0.1, 0.15) is 0 Å². The van der Waals surface area contributed by atoms with Gasteiger partial charge in [-0.1, -0.05) is 60.7 Å². The summed E-state index contributed by atoms with van der Waals surface area (Å²) in [6.45, 7) is 0. The van der Waals surface area contributed by atoms with Gasteiger partial charge in [-0.2, -0.15) is 0 Å². The summed E-state index contributed by atoms with van der Waals surface area (Å²) >= 11 is 0. The molecule has 204 valence electrons. The van der Waals surface area contributed by atoms with Crippen LogP contribution >= 0.6 is 0 Å². The number of hydrogen-bond donors (Lipinski definition) is 1. The third kappa shape index (κ3) is 4.16. The molecule has 5 rings (SSSR count). The Labute approximate surface area is 225 Å². The van der Waals surface area contributed by atoms with Gasteiger partial charge < -0.3 is 24.3 Å². The lowest BCUT2D eigenvalue weighted by atomic mass is 9.41. The molecular weight excluding hydrogens is 506 g/mol. The van der Waals surface area contributed by atoms with E-state index in [0.29, 0.717) is 5.56 Å². The Bertz CT molecular complexity index is 1260. The van der Waals surface area contributed by atoms with Crippen LogP contribution in [0, 0.1) is 23.7 Å². The maximum absolute atomic E-state index is 13.6. The number of allylic oxidation sites excluding steroid dienone is 1. The van der Waals surface area contributed by atoms with Crippen LogP contribution in [-0.2, 0) is 43.5 Å². The van der Waals surface area contributed by atoms with Crippen molar-refractivity contribution in [3.8, 4) is 0 Å². The number of ether oxygens (including phenoxy) is 4. The summed E-state index contributed by atoms with van der Waals surface area (Å²) in [5, 5.41) is 2.81. The molecule has 0 spiro atoms. The minimum atomic E-state index is -1.93. The van der Waals surface area contributed by atoms with Crippen molar-refractivity contribution in [3.63, 3.8) is 0 Å². The van der Waals surface area contributed by atoms with Gasteiger partial charge in [-0.25, -0.2) is 0 Å². The Morgan fingerprint density at radius 1 is 0.590 bits per heavy atom. The third-order valence-corrected chi connectivity index (χ3v) is 7.82. The molecule has 1 N–H and O–H groups in total. The monoisotopic (exact) mass is 535 g/mol. The van der Waals surface area contributed by atoms with Crippen molar-refractivity contribution >= 4 is 29.8 Å². The molecule has 1 fully saturated rings. The standard InChI is InChI=1S/C29H29NO9/c1-36-24(32)19-21(26(34)38-3)29(30-23(31)17-11-7-5-8-12-17)16-15-28(19,18-13-9-6-10-14-18)20(25(33)37-2)22(29)27(35)39-4/h5-16,19-22H,1-4H3,(H,30,31)/t19-,20+,21-,22+,28?,29?. The Hall–Kier alpha value is -4.47. The summed E-state index contributed by atoms with van der Waals surface area (Å²) < 4.78 is 20.6. The second kappa shape index (κ2) is 10.7. The van der Waals surface area contributed by atoms with E-state index < -0.39 is 64.4 Å². The number of rotatable bonds is 7. The highest BCUT2D eigenvalue weighted by Crippen LogP contribution is 2.62. The van der Waals surface area contributed by atoms with Crippen LogP contribution in [-0.4, -0.2) is 63.8 Å². The van der Waals surface area contributed by atoms with E-state index in [0.717, 1.165) is 28.4 Å². The molecule has 0 saturated heterocycles.